The van der Waals surface area contributed by atoms with E-state index in [4.69, 9.17) is 0 Å². The maximum atomic E-state index is 11.0. The van der Waals surface area contributed by atoms with Crippen molar-refractivity contribution in [2.24, 2.45) is 5.92 Å². The first-order chi connectivity index (χ1) is 7.90. The number of fused-ring (bicyclic) bond motifs is 1. The number of aromatic amines is 1. The molecule has 1 N–H and O–H groups in total. The summed E-state index contributed by atoms with van der Waals surface area (Å²) in [6.07, 6.45) is 6.59. The Morgan fingerprint density at radius 1 is 1.25 bits per heavy atom. The topological polar surface area (TPSA) is 32.9 Å². The second kappa shape index (κ2) is 3.78. The summed E-state index contributed by atoms with van der Waals surface area (Å²) in [5.74, 6) is 0.646. The molecular formula is C14H15NO. The molecule has 2 heteroatoms. The van der Waals surface area contributed by atoms with Gasteiger partial charge in [-0.05, 0) is 30.4 Å². The lowest BCUT2D eigenvalue weighted by molar-refractivity contribution is -0.111. The van der Waals surface area contributed by atoms with Gasteiger partial charge in [0.05, 0.1) is 0 Å². The van der Waals surface area contributed by atoms with Gasteiger partial charge in [-0.3, -0.25) is 0 Å². The second-order valence-corrected chi connectivity index (χ2v) is 4.63. The molecule has 1 aliphatic rings. The Morgan fingerprint density at radius 3 is 3.00 bits per heavy atom. The first-order valence-electron chi connectivity index (χ1n) is 5.91. The number of para-hydroxylation sites is 1. The van der Waals surface area contributed by atoms with Gasteiger partial charge in [0.25, 0.3) is 0 Å². The number of benzene rings is 1. The molecule has 0 saturated heterocycles. The first-order valence-corrected chi connectivity index (χ1v) is 5.91. The minimum atomic E-state index is 0.221. The van der Waals surface area contributed by atoms with Crippen molar-refractivity contribution in [1.29, 1.82) is 0 Å². The van der Waals surface area contributed by atoms with Crippen molar-refractivity contribution in [3.05, 3.63) is 36.0 Å². The fourth-order valence-electron chi connectivity index (χ4n) is 2.94. The monoisotopic (exact) mass is 213 g/mol. The number of hydrogen-bond acceptors (Lipinski definition) is 1. The van der Waals surface area contributed by atoms with Gasteiger partial charge in [0, 0.05) is 23.0 Å². The summed E-state index contributed by atoms with van der Waals surface area (Å²) in [4.78, 5) is 14.3. The van der Waals surface area contributed by atoms with Crippen LogP contribution >= 0.6 is 0 Å². The van der Waals surface area contributed by atoms with Crippen molar-refractivity contribution in [3.8, 4) is 0 Å². The van der Waals surface area contributed by atoms with Crippen LogP contribution in [0.4, 0.5) is 0 Å². The fraction of sp³-hybridized carbons (Fsp3) is 0.357. The highest BCUT2D eigenvalue weighted by molar-refractivity contribution is 5.84. The SMILES string of the molecule is O=C[C@H]1CCC[C@@H]1c1c[nH]c2ccccc12. The highest BCUT2D eigenvalue weighted by Crippen LogP contribution is 2.41. The summed E-state index contributed by atoms with van der Waals surface area (Å²) in [7, 11) is 0. The fourth-order valence-corrected chi connectivity index (χ4v) is 2.94. The molecule has 1 saturated carbocycles. The van der Waals surface area contributed by atoms with E-state index in [2.05, 4.69) is 29.4 Å². The summed E-state index contributed by atoms with van der Waals surface area (Å²) in [6, 6.07) is 8.32. The molecule has 0 bridgehead atoms. The van der Waals surface area contributed by atoms with Crippen LogP contribution in [0.2, 0.25) is 0 Å². The van der Waals surface area contributed by atoms with E-state index in [1.807, 2.05) is 6.07 Å². The number of H-pyrrole nitrogens is 1. The van der Waals surface area contributed by atoms with Gasteiger partial charge in [0.2, 0.25) is 0 Å². The zero-order chi connectivity index (χ0) is 11.0. The molecule has 2 nitrogen and oxygen atoms in total. The van der Waals surface area contributed by atoms with E-state index in [9.17, 15) is 4.79 Å². The Bertz CT molecular complexity index is 514. The number of nitrogens with one attached hydrogen (secondary N) is 1. The Hall–Kier alpha value is -1.57. The van der Waals surface area contributed by atoms with Gasteiger partial charge in [-0.15, -0.1) is 0 Å². The van der Waals surface area contributed by atoms with E-state index in [-0.39, 0.29) is 5.92 Å². The van der Waals surface area contributed by atoms with Crippen molar-refractivity contribution < 1.29 is 4.79 Å². The molecule has 1 aromatic heterocycles. The third-order valence-corrected chi connectivity index (χ3v) is 3.76. The number of rotatable bonds is 2. The van der Waals surface area contributed by atoms with Crippen LogP contribution in [0.5, 0.6) is 0 Å². The number of aldehydes is 1. The maximum Gasteiger partial charge on any atom is 0.123 e. The average Bonchev–Trinajstić information content (AvgIpc) is 2.94. The van der Waals surface area contributed by atoms with Crippen molar-refractivity contribution in [2.45, 2.75) is 25.2 Å². The van der Waals surface area contributed by atoms with Gasteiger partial charge < -0.3 is 9.78 Å². The van der Waals surface area contributed by atoms with Crippen molar-refractivity contribution in [3.63, 3.8) is 0 Å². The van der Waals surface area contributed by atoms with E-state index < -0.39 is 0 Å². The highest BCUT2D eigenvalue weighted by atomic mass is 16.1. The predicted molar refractivity (Wildman–Crippen MR) is 64.4 cm³/mol. The lowest BCUT2D eigenvalue weighted by Gasteiger charge is -2.13. The zero-order valence-electron chi connectivity index (χ0n) is 9.15. The van der Waals surface area contributed by atoms with Crippen LogP contribution < -0.4 is 0 Å². The van der Waals surface area contributed by atoms with Gasteiger partial charge in [-0.2, -0.15) is 0 Å². The van der Waals surface area contributed by atoms with Crippen LogP contribution in [-0.4, -0.2) is 11.3 Å². The lowest BCUT2D eigenvalue weighted by Crippen LogP contribution is -2.06. The molecule has 1 fully saturated rings. The molecular weight excluding hydrogens is 198 g/mol. The molecule has 0 amide bonds. The molecule has 1 aromatic carbocycles. The molecule has 1 heterocycles. The molecule has 0 radical (unpaired) electrons. The molecule has 0 aliphatic heterocycles. The van der Waals surface area contributed by atoms with Gasteiger partial charge >= 0.3 is 0 Å². The van der Waals surface area contributed by atoms with Crippen LogP contribution in [-0.2, 0) is 4.79 Å². The van der Waals surface area contributed by atoms with Crippen LogP contribution in [0.1, 0.15) is 30.7 Å². The smallest absolute Gasteiger partial charge is 0.123 e. The van der Waals surface area contributed by atoms with Crippen LogP contribution in [0, 0.1) is 5.92 Å². The third-order valence-electron chi connectivity index (χ3n) is 3.76. The molecule has 2 aromatic rings. The molecule has 82 valence electrons. The minimum absolute atomic E-state index is 0.221. The summed E-state index contributed by atoms with van der Waals surface area (Å²) in [5, 5.41) is 1.28. The zero-order valence-corrected chi connectivity index (χ0v) is 9.15. The van der Waals surface area contributed by atoms with Gasteiger partial charge in [-0.1, -0.05) is 24.6 Å². The van der Waals surface area contributed by atoms with Gasteiger partial charge in [0.1, 0.15) is 6.29 Å². The summed E-state index contributed by atoms with van der Waals surface area (Å²) < 4.78 is 0. The van der Waals surface area contributed by atoms with E-state index in [0.29, 0.717) is 5.92 Å². The average molecular weight is 213 g/mol. The molecule has 2 atom stereocenters. The van der Waals surface area contributed by atoms with E-state index in [1.165, 1.54) is 22.9 Å². The minimum Gasteiger partial charge on any atom is -0.361 e. The van der Waals surface area contributed by atoms with Crippen LogP contribution in [0.25, 0.3) is 10.9 Å². The standard InChI is InChI=1S/C14H15NO/c16-9-10-4-3-6-11(10)13-8-15-14-7-2-1-5-12(13)14/h1-2,5,7-11,15H,3-4,6H2/t10-,11+/m1/s1. The number of carbonyl (C=O) groups excluding carboxylic acids is 1. The van der Waals surface area contributed by atoms with Crippen molar-refractivity contribution in [1.82, 2.24) is 4.98 Å². The largest absolute Gasteiger partial charge is 0.361 e. The van der Waals surface area contributed by atoms with Crippen molar-refractivity contribution in [2.75, 3.05) is 0 Å². The van der Waals surface area contributed by atoms with Crippen molar-refractivity contribution >= 4 is 17.2 Å². The number of carbonyl (C=O) groups is 1. The van der Waals surface area contributed by atoms with Gasteiger partial charge in [0.15, 0.2) is 0 Å². The lowest BCUT2D eigenvalue weighted by atomic mass is 9.90. The molecule has 3 rings (SSSR count). The van der Waals surface area contributed by atoms with E-state index in [0.717, 1.165) is 19.1 Å². The Labute approximate surface area is 94.7 Å². The summed E-state index contributed by atoms with van der Waals surface area (Å²) >= 11 is 0. The third kappa shape index (κ3) is 1.37. The second-order valence-electron chi connectivity index (χ2n) is 4.63. The quantitative estimate of drug-likeness (QED) is 0.763. The number of aromatic nitrogens is 1. The molecule has 0 unspecified atom stereocenters. The Balaban J connectivity index is 2.08. The molecule has 1 aliphatic carbocycles. The number of hydrogen-bond donors (Lipinski definition) is 1. The molecule has 16 heavy (non-hydrogen) atoms. The first kappa shape index (κ1) is 9.64. The summed E-state index contributed by atoms with van der Waals surface area (Å²) in [5.41, 5.74) is 2.50. The molecule has 0 spiro atoms. The summed E-state index contributed by atoms with van der Waals surface area (Å²) in [6.45, 7) is 0. The predicted octanol–water partition coefficient (Wildman–Crippen LogP) is 3.25. The van der Waals surface area contributed by atoms with Crippen LogP contribution in [0.15, 0.2) is 30.5 Å². The maximum absolute atomic E-state index is 11.0. The van der Waals surface area contributed by atoms with E-state index in [1.54, 1.807) is 0 Å². The Kier molecular flexibility index (Phi) is 2.28. The van der Waals surface area contributed by atoms with E-state index >= 15 is 0 Å². The normalized spacial score (nSPS) is 25.0. The van der Waals surface area contributed by atoms with Crippen LogP contribution in [0.3, 0.4) is 0 Å². The van der Waals surface area contributed by atoms with Gasteiger partial charge in [-0.25, -0.2) is 0 Å². The Morgan fingerprint density at radius 2 is 2.12 bits per heavy atom. The highest BCUT2D eigenvalue weighted by Gasteiger charge is 2.29.